The van der Waals surface area contributed by atoms with E-state index in [9.17, 15) is 0 Å². The van der Waals surface area contributed by atoms with Crippen molar-refractivity contribution in [1.29, 1.82) is 0 Å². The first-order valence-electron chi connectivity index (χ1n) is 8.31. The van der Waals surface area contributed by atoms with Gasteiger partial charge in [-0.3, -0.25) is 0 Å². The molecule has 0 amide bonds. The topological polar surface area (TPSA) is 58.0 Å². The van der Waals surface area contributed by atoms with E-state index in [-0.39, 0.29) is 0 Å². The zero-order chi connectivity index (χ0) is 15.8. The molecule has 6 nitrogen and oxygen atoms in total. The molecule has 0 bridgehead atoms. The van der Waals surface area contributed by atoms with Gasteiger partial charge in [0.2, 0.25) is 11.9 Å². The lowest BCUT2D eigenvalue weighted by molar-refractivity contribution is 0.386. The van der Waals surface area contributed by atoms with Gasteiger partial charge in [-0.15, -0.1) is 0 Å². The van der Waals surface area contributed by atoms with Gasteiger partial charge >= 0.3 is 0 Å². The lowest BCUT2D eigenvalue weighted by Gasteiger charge is -2.38. The molecule has 4 rings (SSSR count). The van der Waals surface area contributed by atoms with Gasteiger partial charge in [0.1, 0.15) is 0 Å². The van der Waals surface area contributed by atoms with Crippen molar-refractivity contribution in [3.63, 3.8) is 0 Å². The summed E-state index contributed by atoms with van der Waals surface area (Å²) in [7, 11) is 0. The highest BCUT2D eigenvalue weighted by Crippen LogP contribution is 2.34. The second-order valence-corrected chi connectivity index (χ2v) is 6.54. The van der Waals surface area contributed by atoms with Crippen LogP contribution in [0, 0.1) is 19.8 Å². The van der Waals surface area contributed by atoms with E-state index in [1.165, 1.54) is 12.8 Å². The molecule has 2 aliphatic rings. The van der Waals surface area contributed by atoms with Gasteiger partial charge < -0.3 is 9.80 Å². The Morgan fingerprint density at radius 2 is 1.65 bits per heavy atom. The summed E-state index contributed by atoms with van der Waals surface area (Å²) in [6.07, 6.45) is 6.04. The van der Waals surface area contributed by atoms with Gasteiger partial charge in [-0.1, -0.05) is 0 Å². The molecule has 0 N–H and O–H groups in total. The van der Waals surface area contributed by atoms with Crippen molar-refractivity contribution >= 4 is 11.9 Å². The maximum absolute atomic E-state index is 4.67. The Morgan fingerprint density at radius 3 is 2.39 bits per heavy atom. The lowest BCUT2D eigenvalue weighted by Crippen LogP contribution is -2.49. The van der Waals surface area contributed by atoms with Crippen molar-refractivity contribution in [3.05, 3.63) is 35.9 Å². The Balaban J connectivity index is 1.59. The number of fused-ring (bicyclic) bond motifs is 1. The molecule has 2 aliphatic heterocycles. The van der Waals surface area contributed by atoms with E-state index in [4.69, 9.17) is 0 Å². The Bertz CT molecular complexity index is 668. The molecule has 2 saturated heterocycles. The van der Waals surface area contributed by atoms with E-state index < -0.39 is 0 Å². The fraction of sp³-hybridized carbons (Fsp3) is 0.529. The van der Waals surface area contributed by atoms with E-state index >= 15 is 0 Å². The average Bonchev–Trinajstić information content (AvgIpc) is 2.98. The van der Waals surface area contributed by atoms with Crippen LogP contribution in [0.15, 0.2) is 24.5 Å². The molecule has 2 aromatic rings. The Hall–Kier alpha value is -2.24. The van der Waals surface area contributed by atoms with Crippen LogP contribution in [0.4, 0.5) is 11.9 Å². The minimum absolute atomic E-state index is 0.453. The predicted molar refractivity (Wildman–Crippen MR) is 89.6 cm³/mol. The molecule has 0 aliphatic carbocycles. The van der Waals surface area contributed by atoms with Crippen molar-refractivity contribution in [1.82, 2.24) is 19.9 Å². The molecule has 0 radical (unpaired) electrons. The van der Waals surface area contributed by atoms with Crippen LogP contribution < -0.4 is 9.80 Å². The fourth-order valence-electron chi connectivity index (χ4n) is 3.86. The molecule has 0 saturated carbocycles. The normalized spacial score (nSPS) is 23.9. The minimum Gasteiger partial charge on any atom is -0.339 e. The number of hydrogen-bond acceptors (Lipinski definition) is 6. The molecule has 2 aromatic heterocycles. The van der Waals surface area contributed by atoms with E-state index in [1.54, 1.807) is 0 Å². The predicted octanol–water partition coefficient (Wildman–Crippen LogP) is 1.99. The van der Waals surface area contributed by atoms with Gasteiger partial charge in [-0.2, -0.15) is 0 Å². The fourth-order valence-corrected chi connectivity index (χ4v) is 3.86. The maximum atomic E-state index is 4.67. The van der Waals surface area contributed by atoms with E-state index in [1.807, 2.05) is 38.4 Å². The summed E-state index contributed by atoms with van der Waals surface area (Å²) in [5.41, 5.74) is 2.07. The highest BCUT2D eigenvalue weighted by molar-refractivity contribution is 5.40. The van der Waals surface area contributed by atoms with Crippen LogP contribution in [0.3, 0.4) is 0 Å². The Kier molecular flexibility index (Phi) is 3.59. The zero-order valence-corrected chi connectivity index (χ0v) is 13.7. The van der Waals surface area contributed by atoms with Crippen LogP contribution in [-0.4, -0.2) is 45.6 Å². The van der Waals surface area contributed by atoms with Gasteiger partial charge in [0.15, 0.2) is 0 Å². The highest BCUT2D eigenvalue weighted by atomic mass is 15.3. The van der Waals surface area contributed by atoms with Crippen LogP contribution in [0.1, 0.15) is 24.2 Å². The number of rotatable bonds is 2. The summed E-state index contributed by atoms with van der Waals surface area (Å²) in [5, 5.41) is 0. The molecular formula is C17H22N6. The summed E-state index contributed by atoms with van der Waals surface area (Å²) in [4.78, 5) is 22.8. The van der Waals surface area contributed by atoms with Crippen molar-refractivity contribution < 1.29 is 0 Å². The number of aryl methyl sites for hydroxylation is 2. The first-order chi connectivity index (χ1) is 11.2. The average molecular weight is 310 g/mol. The minimum atomic E-state index is 0.453. The quantitative estimate of drug-likeness (QED) is 0.845. The summed E-state index contributed by atoms with van der Waals surface area (Å²) >= 11 is 0. The van der Waals surface area contributed by atoms with Crippen molar-refractivity contribution in [2.75, 3.05) is 29.4 Å². The van der Waals surface area contributed by atoms with E-state index in [2.05, 4.69) is 29.7 Å². The third-order valence-electron chi connectivity index (χ3n) is 4.92. The monoisotopic (exact) mass is 310 g/mol. The lowest BCUT2D eigenvalue weighted by atomic mass is 9.92. The molecule has 0 aromatic carbocycles. The summed E-state index contributed by atoms with van der Waals surface area (Å²) in [5.74, 6) is 2.43. The maximum Gasteiger partial charge on any atom is 0.226 e. The number of aromatic nitrogens is 4. The molecule has 6 heteroatoms. The van der Waals surface area contributed by atoms with Crippen molar-refractivity contribution in [2.24, 2.45) is 5.92 Å². The Labute approximate surface area is 136 Å². The highest BCUT2D eigenvalue weighted by Gasteiger charge is 2.40. The van der Waals surface area contributed by atoms with E-state index in [0.717, 1.165) is 48.8 Å². The van der Waals surface area contributed by atoms with Gasteiger partial charge in [-0.05, 0) is 44.7 Å². The van der Waals surface area contributed by atoms with Crippen molar-refractivity contribution in [2.45, 2.75) is 32.7 Å². The summed E-state index contributed by atoms with van der Waals surface area (Å²) in [6, 6.07) is 4.34. The SMILES string of the molecule is Cc1cc(C)nc(N2CCC3CCN(c4ncccn4)CC32)n1. The molecule has 2 fully saturated rings. The van der Waals surface area contributed by atoms with Crippen LogP contribution in [0.5, 0.6) is 0 Å². The largest absolute Gasteiger partial charge is 0.339 e. The van der Waals surface area contributed by atoms with Gasteiger partial charge in [0.25, 0.3) is 0 Å². The number of nitrogens with zero attached hydrogens (tertiary/aromatic N) is 6. The van der Waals surface area contributed by atoms with Gasteiger partial charge in [-0.25, -0.2) is 19.9 Å². The molecule has 2 unspecified atom stereocenters. The van der Waals surface area contributed by atoms with Gasteiger partial charge in [0.05, 0.1) is 6.04 Å². The Morgan fingerprint density at radius 1 is 0.957 bits per heavy atom. The molecule has 0 spiro atoms. The smallest absolute Gasteiger partial charge is 0.226 e. The second-order valence-electron chi connectivity index (χ2n) is 6.54. The summed E-state index contributed by atoms with van der Waals surface area (Å²) in [6.45, 7) is 7.10. The first-order valence-corrected chi connectivity index (χ1v) is 8.31. The molecule has 2 atom stereocenters. The van der Waals surface area contributed by atoms with Crippen LogP contribution >= 0.6 is 0 Å². The van der Waals surface area contributed by atoms with Crippen molar-refractivity contribution in [3.8, 4) is 0 Å². The third-order valence-corrected chi connectivity index (χ3v) is 4.92. The molecule has 4 heterocycles. The van der Waals surface area contributed by atoms with Crippen LogP contribution in [0.2, 0.25) is 0 Å². The molecular weight excluding hydrogens is 288 g/mol. The zero-order valence-electron chi connectivity index (χ0n) is 13.7. The second kappa shape index (κ2) is 5.76. The number of piperidine rings is 1. The first kappa shape index (κ1) is 14.4. The van der Waals surface area contributed by atoms with E-state index in [0.29, 0.717) is 6.04 Å². The molecule has 120 valence electrons. The summed E-state index contributed by atoms with van der Waals surface area (Å²) < 4.78 is 0. The van der Waals surface area contributed by atoms with Crippen LogP contribution in [0.25, 0.3) is 0 Å². The third kappa shape index (κ3) is 2.73. The van der Waals surface area contributed by atoms with Crippen LogP contribution in [-0.2, 0) is 0 Å². The standard InChI is InChI=1S/C17H22N6/c1-12-10-13(2)21-17(20-12)23-9-5-14-4-8-22(11-15(14)23)16-18-6-3-7-19-16/h3,6-7,10,14-15H,4-5,8-9,11H2,1-2H3. The number of anilines is 2. The molecule has 23 heavy (non-hydrogen) atoms. The van der Waals surface area contributed by atoms with Gasteiger partial charge in [0, 0.05) is 43.4 Å². The number of hydrogen-bond donors (Lipinski definition) is 0.